The van der Waals surface area contributed by atoms with E-state index in [-0.39, 0.29) is 18.3 Å². The Morgan fingerprint density at radius 3 is 2.77 bits per heavy atom. The maximum atomic E-state index is 12.3. The number of fused-ring (bicyclic) bond motifs is 5. The molecular formula is C22H33NO3. The number of allylic oxidation sites excluding steroid dienone is 1. The lowest BCUT2D eigenvalue weighted by atomic mass is 9.56. The van der Waals surface area contributed by atoms with E-state index in [1.165, 1.54) is 51.4 Å². The molecule has 4 aliphatic carbocycles. The van der Waals surface area contributed by atoms with Crippen LogP contribution in [-0.4, -0.2) is 41.4 Å². The van der Waals surface area contributed by atoms with Gasteiger partial charge in [-0.15, -0.1) is 0 Å². The van der Waals surface area contributed by atoms with Crippen LogP contribution in [0.4, 0.5) is 4.79 Å². The molecule has 4 heteroatoms. The number of hydrogen-bond acceptors (Lipinski definition) is 3. The van der Waals surface area contributed by atoms with Gasteiger partial charge in [0, 0.05) is 13.1 Å². The van der Waals surface area contributed by atoms with Gasteiger partial charge in [-0.2, -0.15) is 0 Å². The first-order chi connectivity index (χ1) is 12.7. The average Bonchev–Trinajstić information content (AvgIpc) is 3.29. The highest BCUT2D eigenvalue weighted by molar-refractivity contribution is 5.68. The van der Waals surface area contributed by atoms with Crippen LogP contribution in [-0.2, 0) is 4.74 Å². The summed E-state index contributed by atoms with van der Waals surface area (Å²) in [4.78, 5) is 14.0. The van der Waals surface area contributed by atoms with Gasteiger partial charge in [-0.3, -0.25) is 0 Å². The van der Waals surface area contributed by atoms with Crippen molar-refractivity contribution in [3.63, 3.8) is 0 Å². The van der Waals surface area contributed by atoms with Crippen LogP contribution in [0, 0.1) is 29.6 Å². The molecule has 0 aromatic carbocycles. The molecule has 1 aliphatic heterocycles. The smallest absolute Gasteiger partial charge is 0.410 e. The van der Waals surface area contributed by atoms with E-state index >= 15 is 0 Å². The minimum Gasteiger partial charge on any atom is -0.442 e. The number of likely N-dealkylation sites (tertiary alicyclic amines) is 1. The normalized spacial score (nSPS) is 44.7. The molecule has 5 aliphatic rings. The van der Waals surface area contributed by atoms with E-state index in [9.17, 15) is 9.90 Å². The Bertz CT molecular complexity index is 588. The molecule has 3 saturated carbocycles. The summed E-state index contributed by atoms with van der Waals surface area (Å²) >= 11 is 0. The lowest BCUT2D eigenvalue weighted by Crippen LogP contribution is -2.42. The van der Waals surface area contributed by atoms with Gasteiger partial charge in [0.05, 0.1) is 6.10 Å². The van der Waals surface area contributed by atoms with Crippen LogP contribution in [0.15, 0.2) is 11.6 Å². The molecule has 0 radical (unpaired) electrons. The second-order valence-corrected chi connectivity index (χ2v) is 9.53. The van der Waals surface area contributed by atoms with Gasteiger partial charge in [-0.25, -0.2) is 4.79 Å². The SMILES string of the molecule is O=C(OC1C=C2CCC3C4CCCC4CCC3C2CC1)N1CCC(O)C1. The van der Waals surface area contributed by atoms with Crippen LogP contribution < -0.4 is 0 Å². The number of ether oxygens (including phenoxy) is 1. The molecular weight excluding hydrogens is 326 g/mol. The van der Waals surface area contributed by atoms with E-state index in [0.29, 0.717) is 19.5 Å². The number of amides is 1. The fraction of sp³-hybridized carbons (Fsp3) is 0.864. The number of aliphatic hydroxyl groups is 1. The third-order valence-electron chi connectivity index (χ3n) is 8.28. The molecule has 7 unspecified atom stereocenters. The first kappa shape index (κ1) is 17.1. The predicted octanol–water partition coefficient (Wildman–Crippen LogP) is 4.13. The first-order valence-corrected chi connectivity index (χ1v) is 11.0. The number of hydrogen-bond donors (Lipinski definition) is 1. The van der Waals surface area contributed by atoms with Crippen LogP contribution in [0.5, 0.6) is 0 Å². The summed E-state index contributed by atoms with van der Waals surface area (Å²) in [5.41, 5.74) is 1.59. The number of rotatable bonds is 1. The number of β-amino-alcohol motifs (C(OH)–C–C–N with tert-alkyl or cyclic N) is 1. The Morgan fingerprint density at radius 2 is 1.92 bits per heavy atom. The molecule has 4 fully saturated rings. The number of aliphatic hydroxyl groups excluding tert-OH is 1. The summed E-state index contributed by atoms with van der Waals surface area (Å²) in [6.07, 6.45) is 14.4. The monoisotopic (exact) mass is 359 g/mol. The Hall–Kier alpha value is -1.03. The average molecular weight is 360 g/mol. The number of carbonyl (C=O) groups excluding carboxylic acids is 1. The zero-order valence-corrected chi connectivity index (χ0v) is 15.8. The molecule has 0 spiro atoms. The minimum absolute atomic E-state index is 0.0501. The van der Waals surface area contributed by atoms with Crippen molar-refractivity contribution in [2.45, 2.75) is 76.4 Å². The highest BCUT2D eigenvalue weighted by Crippen LogP contribution is 2.56. The van der Waals surface area contributed by atoms with Gasteiger partial charge in [0.25, 0.3) is 0 Å². The quantitative estimate of drug-likeness (QED) is 0.716. The third kappa shape index (κ3) is 2.98. The molecule has 1 saturated heterocycles. The summed E-state index contributed by atoms with van der Waals surface area (Å²) in [6.45, 7) is 1.05. The Balaban J connectivity index is 1.24. The van der Waals surface area contributed by atoms with Crippen molar-refractivity contribution in [1.29, 1.82) is 0 Å². The van der Waals surface area contributed by atoms with Crippen molar-refractivity contribution < 1.29 is 14.6 Å². The minimum atomic E-state index is -0.377. The molecule has 26 heavy (non-hydrogen) atoms. The van der Waals surface area contributed by atoms with Crippen LogP contribution in [0.25, 0.3) is 0 Å². The van der Waals surface area contributed by atoms with E-state index in [1.54, 1.807) is 10.5 Å². The van der Waals surface area contributed by atoms with Crippen molar-refractivity contribution >= 4 is 6.09 Å². The van der Waals surface area contributed by atoms with Gasteiger partial charge in [-0.05, 0) is 87.0 Å². The predicted molar refractivity (Wildman–Crippen MR) is 99.6 cm³/mol. The zero-order chi connectivity index (χ0) is 17.7. The van der Waals surface area contributed by atoms with Gasteiger partial charge in [0.1, 0.15) is 6.10 Å². The summed E-state index contributed by atoms with van der Waals surface area (Å²) < 4.78 is 5.78. The summed E-state index contributed by atoms with van der Waals surface area (Å²) in [5.74, 6) is 4.70. The van der Waals surface area contributed by atoms with E-state index < -0.39 is 0 Å². The fourth-order valence-corrected chi connectivity index (χ4v) is 7.12. The molecule has 4 nitrogen and oxygen atoms in total. The summed E-state index contributed by atoms with van der Waals surface area (Å²) in [5, 5.41) is 9.62. The van der Waals surface area contributed by atoms with Crippen molar-refractivity contribution in [1.82, 2.24) is 4.90 Å². The molecule has 1 heterocycles. The molecule has 7 atom stereocenters. The Kier molecular flexibility index (Phi) is 4.50. The van der Waals surface area contributed by atoms with Crippen molar-refractivity contribution in [2.75, 3.05) is 13.1 Å². The molecule has 0 aromatic heterocycles. The molecule has 1 amide bonds. The van der Waals surface area contributed by atoms with Crippen LogP contribution in [0.3, 0.4) is 0 Å². The number of carbonyl (C=O) groups is 1. The zero-order valence-electron chi connectivity index (χ0n) is 15.8. The topological polar surface area (TPSA) is 49.8 Å². The highest BCUT2D eigenvalue weighted by Gasteiger charge is 2.47. The molecule has 0 bridgehead atoms. The maximum absolute atomic E-state index is 12.3. The summed E-state index contributed by atoms with van der Waals surface area (Å²) in [7, 11) is 0. The van der Waals surface area contributed by atoms with Crippen LogP contribution in [0.2, 0.25) is 0 Å². The second kappa shape index (κ2) is 6.85. The van der Waals surface area contributed by atoms with Crippen molar-refractivity contribution in [3.8, 4) is 0 Å². The molecule has 1 N–H and O–H groups in total. The van der Waals surface area contributed by atoms with Gasteiger partial charge in [0.15, 0.2) is 0 Å². The second-order valence-electron chi connectivity index (χ2n) is 9.53. The Morgan fingerprint density at radius 1 is 1.00 bits per heavy atom. The van der Waals surface area contributed by atoms with Gasteiger partial charge in [-0.1, -0.05) is 18.4 Å². The van der Waals surface area contributed by atoms with Crippen LogP contribution in [0.1, 0.15) is 64.2 Å². The standard InChI is InChI=1S/C22H33NO3/c24-16-10-11-23(13-16)22(25)26-17-6-9-19-15(12-17)5-8-20-18-3-1-2-14(18)4-7-21(19)20/h12,14,16-21,24H,1-11,13H2. The third-order valence-corrected chi connectivity index (χ3v) is 8.28. The maximum Gasteiger partial charge on any atom is 0.410 e. The first-order valence-electron chi connectivity index (χ1n) is 11.0. The van der Waals surface area contributed by atoms with E-state index in [1.807, 2.05) is 0 Å². The lowest BCUT2D eigenvalue weighted by Gasteiger charge is -2.49. The molecule has 0 aromatic rings. The molecule has 144 valence electrons. The van der Waals surface area contributed by atoms with E-state index in [2.05, 4.69) is 6.08 Å². The number of nitrogens with zero attached hydrogens (tertiary/aromatic N) is 1. The summed E-state index contributed by atoms with van der Waals surface area (Å²) in [6, 6.07) is 0. The molecule has 5 rings (SSSR count). The Labute approximate surface area is 157 Å². The van der Waals surface area contributed by atoms with E-state index in [4.69, 9.17) is 4.74 Å². The van der Waals surface area contributed by atoms with Gasteiger partial charge in [0.2, 0.25) is 0 Å². The van der Waals surface area contributed by atoms with Crippen LogP contribution >= 0.6 is 0 Å². The van der Waals surface area contributed by atoms with Crippen molar-refractivity contribution in [2.24, 2.45) is 29.6 Å². The highest BCUT2D eigenvalue weighted by atomic mass is 16.6. The lowest BCUT2D eigenvalue weighted by molar-refractivity contribution is 0.0328. The van der Waals surface area contributed by atoms with Gasteiger partial charge < -0.3 is 14.7 Å². The fourth-order valence-electron chi connectivity index (χ4n) is 7.12. The van der Waals surface area contributed by atoms with Gasteiger partial charge >= 0.3 is 6.09 Å². The van der Waals surface area contributed by atoms with E-state index in [0.717, 1.165) is 36.0 Å². The van der Waals surface area contributed by atoms with Crippen molar-refractivity contribution in [3.05, 3.63) is 11.6 Å². The largest absolute Gasteiger partial charge is 0.442 e.